The van der Waals surface area contributed by atoms with Crippen LogP contribution >= 0.6 is 0 Å². The van der Waals surface area contributed by atoms with Gasteiger partial charge >= 0.3 is 0 Å². The molecule has 3 rings (SSSR count). The minimum absolute atomic E-state index is 0.000212. The van der Waals surface area contributed by atoms with E-state index in [9.17, 15) is 4.79 Å². The number of rotatable bonds is 6. The molecule has 0 aromatic carbocycles. The van der Waals surface area contributed by atoms with Gasteiger partial charge in [0.05, 0.1) is 25.0 Å². The van der Waals surface area contributed by atoms with Gasteiger partial charge in [-0.2, -0.15) is 0 Å². The molecule has 1 atom stereocenters. The number of anilines is 1. The Hall–Kier alpha value is -2.32. The fourth-order valence-electron chi connectivity index (χ4n) is 3.10. The molecule has 8 heteroatoms. The van der Waals surface area contributed by atoms with E-state index < -0.39 is 0 Å². The summed E-state index contributed by atoms with van der Waals surface area (Å²) in [5, 5.41) is 11.2. The van der Waals surface area contributed by atoms with Crippen LogP contribution in [0.25, 0.3) is 0 Å². The first kappa shape index (κ1) is 17.5. The number of likely N-dealkylation sites (tertiary alicyclic amines) is 1. The smallest absolute Gasteiger partial charge is 0.238 e. The second-order valence-electron chi connectivity index (χ2n) is 6.61. The zero-order valence-electron chi connectivity index (χ0n) is 15.0. The van der Waals surface area contributed by atoms with Gasteiger partial charge in [0.2, 0.25) is 5.91 Å². The molecule has 1 amide bonds. The molecule has 1 fully saturated rings. The largest absolute Gasteiger partial charge is 0.324 e. The van der Waals surface area contributed by atoms with Crippen LogP contribution in [0, 0.1) is 6.92 Å². The summed E-state index contributed by atoms with van der Waals surface area (Å²) >= 11 is 0. The van der Waals surface area contributed by atoms with Crippen LogP contribution in [0.1, 0.15) is 18.1 Å². The maximum absolute atomic E-state index is 12.2. The predicted octanol–water partition coefficient (Wildman–Crippen LogP) is 0.663. The monoisotopic (exact) mass is 343 g/mol. The van der Waals surface area contributed by atoms with Gasteiger partial charge < -0.3 is 9.88 Å². The Morgan fingerprint density at radius 3 is 2.96 bits per heavy atom. The lowest BCUT2D eigenvalue weighted by atomic mass is 10.2. The van der Waals surface area contributed by atoms with E-state index in [-0.39, 0.29) is 5.91 Å². The van der Waals surface area contributed by atoms with Crippen LogP contribution in [0.5, 0.6) is 0 Å². The number of pyridine rings is 1. The second-order valence-corrected chi connectivity index (χ2v) is 6.61. The third-order valence-corrected chi connectivity index (χ3v) is 4.76. The molecule has 2 aromatic heterocycles. The molecular formula is C17H25N7O. The molecule has 1 N–H and O–H groups in total. The summed E-state index contributed by atoms with van der Waals surface area (Å²) in [6.07, 6.45) is 4.39. The van der Waals surface area contributed by atoms with E-state index in [4.69, 9.17) is 0 Å². The van der Waals surface area contributed by atoms with Crippen molar-refractivity contribution in [2.24, 2.45) is 7.05 Å². The normalized spacial score (nSPS) is 18.0. The summed E-state index contributed by atoms with van der Waals surface area (Å²) < 4.78 is 2.02. The lowest BCUT2D eigenvalue weighted by Gasteiger charge is -2.24. The maximum Gasteiger partial charge on any atom is 0.238 e. The van der Waals surface area contributed by atoms with E-state index in [0.717, 1.165) is 43.4 Å². The van der Waals surface area contributed by atoms with Gasteiger partial charge in [-0.1, -0.05) is 0 Å². The molecule has 1 aliphatic heterocycles. The highest BCUT2D eigenvalue weighted by Gasteiger charge is 2.27. The van der Waals surface area contributed by atoms with Crippen molar-refractivity contribution in [3.63, 3.8) is 0 Å². The van der Waals surface area contributed by atoms with Crippen LogP contribution in [-0.4, -0.2) is 68.2 Å². The van der Waals surface area contributed by atoms with Gasteiger partial charge in [-0.05, 0) is 32.5 Å². The van der Waals surface area contributed by atoms with Crippen molar-refractivity contribution in [3.8, 4) is 0 Å². The summed E-state index contributed by atoms with van der Waals surface area (Å²) in [6.45, 7) is 4.93. The fourth-order valence-corrected chi connectivity index (χ4v) is 3.10. The molecule has 2 aromatic rings. The quantitative estimate of drug-likeness (QED) is 0.830. The third kappa shape index (κ3) is 4.40. The standard InChI is InChI=1S/C17H25N7O/c1-13-20-21-16(23(13)3)11-22(2)15-6-8-24(10-15)12-17(25)19-14-5-4-7-18-9-14/h4-5,7,9,15H,6,8,10-12H2,1-3H3,(H,19,25)/t15-/m1/s1. The molecule has 1 aliphatic rings. The van der Waals surface area contributed by atoms with Crippen molar-refractivity contribution in [2.75, 3.05) is 32.0 Å². The van der Waals surface area contributed by atoms with Gasteiger partial charge in [0, 0.05) is 32.4 Å². The van der Waals surface area contributed by atoms with Gasteiger partial charge in [0.15, 0.2) is 0 Å². The Kier molecular flexibility index (Phi) is 5.40. The Bertz CT molecular complexity index is 715. The summed E-state index contributed by atoms with van der Waals surface area (Å²) in [5.41, 5.74) is 0.734. The number of carbonyl (C=O) groups excluding carboxylic acids is 1. The molecule has 0 radical (unpaired) electrons. The van der Waals surface area contributed by atoms with Crippen LogP contribution in [0.15, 0.2) is 24.5 Å². The highest BCUT2D eigenvalue weighted by atomic mass is 16.2. The van der Waals surface area contributed by atoms with E-state index in [2.05, 4.69) is 37.3 Å². The summed E-state index contributed by atoms with van der Waals surface area (Å²) in [7, 11) is 4.09. The number of likely N-dealkylation sites (N-methyl/N-ethyl adjacent to an activating group) is 1. The van der Waals surface area contributed by atoms with Crippen molar-refractivity contribution < 1.29 is 4.79 Å². The van der Waals surface area contributed by atoms with Crippen LogP contribution in [0.2, 0.25) is 0 Å². The van der Waals surface area contributed by atoms with Gasteiger partial charge in [-0.15, -0.1) is 10.2 Å². The molecule has 134 valence electrons. The Balaban J connectivity index is 1.48. The highest BCUT2D eigenvalue weighted by molar-refractivity contribution is 5.92. The van der Waals surface area contributed by atoms with E-state index >= 15 is 0 Å². The first-order valence-corrected chi connectivity index (χ1v) is 8.50. The number of amides is 1. The van der Waals surface area contributed by atoms with Crippen molar-refractivity contribution in [2.45, 2.75) is 25.9 Å². The highest BCUT2D eigenvalue weighted by Crippen LogP contribution is 2.16. The number of nitrogens with one attached hydrogen (secondary N) is 1. The topological polar surface area (TPSA) is 79.2 Å². The van der Waals surface area contributed by atoms with Crippen LogP contribution in [0.4, 0.5) is 5.69 Å². The summed E-state index contributed by atoms with van der Waals surface area (Å²) in [4.78, 5) is 20.7. The lowest BCUT2D eigenvalue weighted by Crippen LogP contribution is -2.37. The predicted molar refractivity (Wildman–Crippen MR) is 94.9 cm³/mol. The SMILES string of the molecule is Cc1nnc(CN(C)[C@@H]2CCN(CC(=O)Nc3cccnc3)C2)n1C. The molecule has 8 nitrogen and oxygen atoms in total. The number of aryl methyl sites for hydroxylation is 1. The molecule has 0 unspecified atom stereocenters. The second kappa shape index (κ2) is 7.71. The zero-order chi connectivity index (χ0) is 17.8. The summed E-state index contributed by atoms with van der Waals surface area (Å²) in [5.74, 6) is 1.89. The summed E-state index contributed by atoms with van der Waals surface area (Å²) in [6, 6.07) is 4.07. The van der Waals surface area contributed by atoms with Crippen LogP contribution in [0.3, 0.4) is 0 Å². The number of nitrogens with zero attached hydrogens (tertiary/aromatic N) is 6. The Morgan fingerprint density at radius 2 is 2.28 bits per heavy atom. The third-order valence-electron chi connectivity index (χ3n) is 4.76. The van der Waals surface area contributed by atoms with Crippen molar-refractivity contribution in [1.29, 1.82) is 0 Å². The molecule has 0 aliphatic carbocycles. The molecule has 0 saturated carbocycles. The molecular weight excluding hydrogens is 318 g/mol. The number of hydrogen-bond donors (Lipinski definition) is 1. The number of carbonyl (C=O) groups is 1. The molecule has 0 spiro atoms. The average molecular weight is 343 g/mol. The van der Waals surface area contributed by atoms with E-state index in [1.54, 1.807) is 12.4 Å². The number of hydrogen-bond acceptors (Lipinski definition) is 6. The van der Waals surface area contributed by atoms with E-state index in [1.807, 2.05) is 30.7 Å². The molecule has 25 heavy (non-hydrogen) atoms. The van der Waals surface area contributed by atoms with Crippen molar-refractivity contribution in [3.05, 3.63) is 36.2 Å². The average Bonchev–Trinajstić information content (AvgIpc) is 3.18. The minimum Gasteiger partial charge on any atom is -0.324 e. The Morgan fingerprint density at radius 1 is 1.44 bits per heavy atom. The molecule has 3 heterocycles. The van der Waals surface area contributed by atoms with Gasteiger partial charge in [-0.25, -0.2) is 0 Å². The van der Waals surface area contributed by atoms with Crippen molar-refractivity contribution in [1.82, 2.24) is 29.5 Å². The maximum atomic E-state index is 12.2. The number of aromatic nitrogens is 4. The minimum atomic E-state index is 0.000212. The van der Waals surface area contributed by atoms with Crippen LogP contribution in [-0.2, 0) is 18.4 Å². The zero-order valence-corrected chi connectivity index (χ0v) is 15.0. The first-order valence-electron chi connectivity index (χ1n) is 8.50. The van der Waals surface area contributed by atoms with Crippen molar-refractivity contribution >= 4 is 11.6 Å². The van der Waals surface area contributed by atoms with E-state index in [0.29, 0.717) is 12.6 Å². The molecule has 1 saturated heterocycles. The first-order chi connectivity index (χ1) is 12.0. The lowest BCUT2D eigenvalue weighted by molar-refractivity contribution is -0.117. The van der Waals surface area contributed by atoms with Gasteiger partial charge in [0.25, 0.3) is 0 Å². The Labute approximate surface area is 147 Å². The van der Waals surface area contributed by atoms with Gasteiger partial charge in [-0.3, -0.25) is 19.6 Å². The molecule has 0 bridgehead atoms. The fraction of sp³-hybridized carbons (Fsp3) is 0.529. The van der Waals surface area contributed by atoms with Crippen LogP contribution < -0.4 is 5.32 Å². The van der Waals surface area contributed by atoms with E-state index in [1.165, 1.54) is 0 Å². The van der Waals surface area contributed by atoms with Gasteiger partial charge in [0.1, 0.15) is 11.6 Å².